The number of benzene rings is 2. The SMILES string of the molecule is CCCCSC(=O)c1ccc2nc(-c3ccc(F)cc3)c(N3CCC[C@@H]3C)nc2c1. The van der Waals surface area contributed by atoms with Crippen molar-refractivity contribution in [1.29, 1.82) is 0 Å². The number of hydrogen-bond donors (Lipinski definition) is 0. The van der Waals surface area contributed by atoms with Crippen LogP contribution in [0.1, 0.15) is 49.9 Å². The van der Waals surface area contributed by atoms with Crippen LogP contribution >= 0.6 is 11.8 Å². The Morgan fingerprint density at radius 1 is 1.17 bits per heavy atom. The lowest BCUT2D eigenvalue weighted by atomic mass is 10.1. The Morgan fingerprint density at radius 3 is 2.67 bits per heavy atom. The third-order valence-electron chi connectivity index (χ3n) is 5.56. The monoisotopic (exact) mass is 423 g/mol. The summed E-state index contributed by atoms with van der Waals surface area (Å²) in [6, 6.07) is 12.3. The van der Waals surface area contributed by atoms with Gasteiger partial charge in [-0.25, -0.2) is 14.4 Å². The number of rotatable bonds is 6. The number of thioether (sulfide) groups is 1. The van der Waals surface area contributed by atoms with Gasteiger partial charge in [0.25, 0.3) is 0 Å². The summed E-state index contributed by atoms with van der Waals surface area (Å²) in [5.41, 5.74) is 3.72. The van der Waals surface area contributed by atoms with Crippen LogP contribution in [-0.4, -0.2) is 33.4 Å². The molecule has 1 saturated heterocycles. The van der Waals surface area contributed by atoms with Crippen molar-refractivity contribution < 1.29 is 9.18 Å². The second-order valence-electron chi connectivity index (χ2n) is 7.78. The molecule has 0 spiro atoms. The predicted octanol–water partition coefficient (Wildman–Crippen LogP) is 6.10. The molecule has 1 aromatic heterocycles. The number of unbranched alkanes of at least 4 members (excludes halogenated alkanes) is 1. The Balaban J connectivity index is 1.77. The number of hydrogen-bond acceptors (Lipinski definition) is 5. The second-order valence-corrected chi connectivity index (χ2v) is 8.85. The average Bonchev–Trinajstić information content (AvgIpc) is 3.19. The molecular weight excluding hydrogens is 397 g/mol. The molecule has 30 heavy (non-hydrogen) atoms. The van der Waals surface area contributed by atoms with Gasteiger partial charge in [-0.3, -0.25) is 4.79 Å². The van der Waals surface area contributed by atoms with Crippen LogP contribution in [0.15, 0.2) is 42.5 Å². The van der Waals surface area contributed by atoms with Gasteiger partial charge in [0.15, 0.2) is 5.82 Å². The Morgan fingerprint density at radius 2 is 1.97 bits per heavy atom. The Kier molecular flexibility index (Phi) is 6.32. The summed E-state index contributed by atoms with van der Waals surface area (Å²) in [5, 5.41) is 0.0749. The van der Waals surface area contributed by atoms with Crippen LogP contribution in [-0.2, 0) is 0 Å². The van der Waals surface area contributed by atoms with Gasteiger partial charge in [-0.05, 0) is 68.7 Å². The number of carbonyl (C=O) groups is 1. The van der Waals surface area contributed by atoms with Crippen LogP contribution in [0, 0.1) is 5.82 Å². The normalized spacial score (nSPS) is 16.4. The first-order valence-electron chi connectivity index (χ1n) is 10.6. The van der Waals surface area contributed by atoms with Crippen LogP contribution in [0.25, 0.3) is 22.3 Å². The summed E-state index contributed by atoms with van der Waals surface area (Å²) in [7, 11) is 0. The van der Waals surface area contributed by atoms with Crippen molar-refractivity contribution in [3.8, 4) is 11.3 Å². The third-order valence-corrected chi connectivity index (χ3v) is 6.55. The molecule has 0 radical (unpaired) electrons. The first-order valence-corrected chi connectivity index (χ1v) is 11.6. The lowest BCUT2D eigenvalue weighted by Crippen LogP contribution is -2.28. The van der Waals surface area contributed by atoms with Gasteiger partial charge in [0.1, 0.15) is 11.5 Å². The summed E-state index contributed by atoms with van der Waals surface area (Å²) in [6.07, 6.45) is 4.32. The highest BCUT2D eigenvalue weighted by Crippen LogP contribution is 2.34. The van der Waals surface area contributed by atoms with Crippen LogP contribution in [0.3, 0.4) is 0 Å². The molecule has 1 atom stereocenters. The van der Waals surface area contributed by atoms with Crippen LogP contribution < -0.4 is 4.90 Å². The molecule has 0 unspecified atom stereocenters. The smallest absolute Gasteiger partial charge is 0.219 e. The van der Waals surface area contributed by atoms with Crippen LogP contribution in [0.4, 0.5) is 10.2 Å². The lowest BCUT2D eigenvalue weighted by Gasteiger charge is -2.25. The first kappa shape index (κ1) is 20.8. The maximum Gasteiger partial charge on any atom is 0.219 e. The summed E-state index contributed by atoms with van der Waals surface area (Å²) in [5.74, 6) is 1.37. The molecule has 0 bridgehead atoms. The minimum atomic E-state index is -0.271. The molecule has 4 nitrogen and oxygen atoms in total. The standard InChI is InChI=1S/C24H26FN3OS/c1-3-4-14-30-24(29)18-9-12-20-21(15-18)27-23(28-13-5-6-16(28)2)22(26-20)17-7-10-19(25)11-8-17/h7-12,15-16H,3-6,13-14H2,1-2H3/t16-/m0/s1. The van der Waals surface area contributed by atoms with Crippen molar-refractivity contribution in [2.45, 2.75) is 45.6 Å². The van der Waals surface area contributed by atoms with E-state index in [9.17, 15) is 9.18 Å². The maximum atomic E-state index is 13.5. The Labute approximate surface area is 180 Å². The van der Waals surface area contributed by atoms with Crippen molar-refractivity contribution in [3.05, 3.63) is 53.8 Å². The lowest BCUT2D eigenvalue weighted by molar-refractivity contribution is 0.108. The molecular formula is C24H26FN3OS. The van der Waals surface area contributed by atoms with Crippen LogP contribution in [0.5, 0.6) is 0 Å². The van der Waals surface area contributed by atoms with Crippen molar-refractivity contribution in [2.75, 3.05) is 17.2 Å². The topological polar surface area (TPSA) is 46.1 Å². The summed E-state index contributed by atoms with van der Waals surface area (Å²) in [4.78, 5) is 24.7. The molecule has 2 aromatic carbocycles. The molecule has 0 aliphatic carbocycles. The highest BCUT2D eigenvalue weighted by molar-refractivity contribution is 8.14. The fourth-order valence-electron chi connectivity index (χ4n) is 3.81. The van der Waals surface area contributed by atoms with E-state index in [1.165, 1.54) is 23.9 Å². The number of carbonyl (C=O) groups excluding carboxylic acids is 1. The van der Waals surface area contributed by atoms with E-state index in [1.807, 2.05) is 18.2 Å². The van der Waals surface area contributed by atoms with Gasteiger partial charge in [-0.15, -0.1) is 0 Å². The quantitative estimate of drug-likeness (QED) is 0.448. The molecule has 1 fully saturated rings. The van der Waals surface area contributed by atoms with Crippen LogP contribution in [0.2, 0.25) is 0 Å². The van der Waals surface area contributed by atoms with E-state index in [2.05, 4.69) is 18.7 Å². The number of halogens is 1. The largest absolute Gasteiger partial charge is 0.352 e. The van der Waals surface area contributed by atoms with Crippen molar-refractivity contribution in [3.63, 3.8) is 0 Å². The number of anilines is 1. The molecule has 2 heterocycles. The van der Waals surface area contributed by atoms with Gasteiger partial charge in [-0.1, -0.05) is 25.1 Å². The molecule has 4 rings (SSSR count). The molecule has 156 valence electrons. The van der Waals surface area contributed by atoms with Gasteiger partial charge in [-0.2, -0.15) is 0 Å². The summed E-state index contributed by atoms with van der Waals surface area (Å²) >= 11 is 1.36. The Hall–Kier alpha value is -2.47. The van der Waals surface area contributed by atoms with E-state index in [0.29, 0.717) is 11.6 Å². The van der Waals surface area contributed by atoms with E-state index < -0.39 is 0 Å². The van der Waals surface area contributed by atoms with E-state index in [0.717, 1.165) is 66.1 Å². The van der Waals surface area contributed by atoms with Gasteiger partial charge in [0.05, 0.1) is 11.0 Å². The first-order chi connectivity index (χ1) is 14.6. The highest BCUT2D eigenvalue weighted by Gasteiger charge is 2.26. The zero-order valence-corrected chi connectivity index (χ0v) is 18.2. The summed E-state index contributed by atoms with van der Waals surface area (Å²) < 4.78 is 13.5. The Bertz CT molecular complexity index is 1050. The molecule has 1 aliphatic heterocycles. The molecule has 0 N–H and O–H groups in total. The molecule has 3 aromatic rings. The predicted molar refractivity (Wildman–Crippen MR) is 123 cm³/mol. The zero-order chi connectivity index (χ0) is 21.1. The molecule has 0 saturated carbocycles. The van der Waals surface area contributed by atoms with E-state index >= 15 is 0 Å². The zero-order valence-electron chi connectivity index (χ0n) is 17.4. The van der Waals surface area contributed by atoms with E-state index in [1.54, 1.807) is 12.1 Å². The number of nitrogens with zero attached hydrogens (tertiary/aromatic N) is 3. The molecule has 6 heteroatoms. The van der Waals surface area contributed by atoms with Gasteiger partial charge < -0.3 is 4.90 Å². The van der Waals surface area contributed by atoms with Crippen molar-refractivity contribution in [2.24, 2.45) is 0 Å². The third kappa shape index (κ3) is 4.33. The fourth-order valence-corrected chi connectivity index (χ4v) is 4.73. The summed E-state index contributed by atoms with van der Waals surface area (Å²) in [6.45, 7) is 5.23. The van der Waals surface area contributed by atoms with Gasteiger partial charge in [0, 0.05) is 29.5 Å². The average molecular weight is 424 g/mol. The van der Waals surface area contributed by atoms with Crippen molar-refractivity contribution >= 4 is 33.7 Å². The van der Waals surface area contributed by atoms with Gasteiger partial charge in [0.2, 0.25) is 5.12 Å². The van der Waals surface area contributed by atoms with E-state index in [-0.39, 0.29) is 10.9 Å². The minimum absolute atomic E-state index is 0.0749. The van der Waals surface area contributed by atoms with E-state index in [4.69, 9.17) is 9.97 Å². The molecule has 1 aliphatic rings. The van der Waals surface area contributed by atoms with Crippen molar-refractivity contribution in [1.82, 2.24) is 9.97 Å². The number of fused-ring (bicyclic) bond motifs is 1. The fraction of sp³-hybridized carbons (Fsp3) is 0.375. The second kappa shape index (κ2) is 9.13. The molecule has 0 amide bonds. The number of aromatic nitrogens is 2. The maximum absolute atomic E-state index is 13.5. The minimum Gasteiger partial charge on any atom is -0.352 e. The highest BCUT2D eigenvalue weighted by atomic mass is 32.2. The van der Waals surface area contributed by atoms with Gasteiger partial charge >= 0.3 is 0 Å².